The number of piperazine rings is 1. The van der Waals surface area contributed by atoms with Gasteiger partial charge in [0, 0.05) is 54.9 Å². The summed E-state index contributed by atoms with van der Waals surface area (Å²) in [6.45, 7) is 4.63. The number of fused-ring (bicyclic) bond motifs is 1. The standard InChI is InChI=1S/C24H24FN3O4/c1-15-13-27(14-16-3-6-18(25)7-4-16)9-10-28(15)23(30)20-12-26-21-8-5-17(11-19(20)21)22(29)24(31)32-2/h3-8,11-12,15,26H,9-10,13-14H2,1-2H3/t15-/m1/s1. The van der Waals surface area contributed by atoms with Gasteiger partial charge in [0.15, 0.2) is 0 Å². The Kier molecular flexibility index (Phi) is 6.05. The summed E-state index contributed by atoms with van der Waals surface area (Å²) in [5, 5.41) is 0.589. The number of aromatic amines is 1. The number of halogens is 1. The van der Waals surface area contributed by atoms with Gasteiger partial charge in [0.1, 0.15) is 5.82 Å². The summed E-state index contributed by atoms with van der Waals surface area (Å²) in [6, 6.07) is 11.2. The van der Waals surface area contributed by atoms with Gasteiger partial charge < -0.3 is 14.6 Å². The van der Waals surface area contributed by atoms with Crippen molar-refractivity contribution in [2.24, 2.45) is 0 Å². The van der Waals surface area contributed by atoms with Crippen LogP contribution in [-0.4, -0.2) is 65.2 Å². The van der Waals surface area contributed by atoms with Crippen LogP contribution in [0.2, 0.25) is 0 Å². The van der Waals surface area contributed by atoms with E-state index in [-0.39, 0.29) is 23.3 Å². The van der Waals surface area contributed by atoms with Crippen molar-refractivity contribution in [3.63, 3.8) is 0 Å². The first-order valence-corrected chi connectivity index (χ1v) is 10.4. The van der Waals surface area contributed by atoms with E-state index in [1.807, 2.05) is 11.8 Å². The number of ether oxygens (including phenoxy) is 1. The molecule has 0 unspecified atom stereocenters. The van der Waals surface area contributed by atoms with Gasteiger partial charge in [-0.15, -0.1) is 0 Å². The summed E-state index contributed by atoms with van der Waals surface area (Å²) in [5.41, 5.74) is 2.36. The van der Waals surface area contributed by atoms with Crippen LogP contribution in [0.5, 0.6) is 0 Å². The molecule has 4 rings (SSSR count). The maximum atomic E-state index is 13.3. The lowest BCUT2D eigenvalue weighted by Crippen LogP contribution is -2.53. The maximum Gasteiger partial charge on any atom is 0.379 e. The number of aromatic nitrogens is 1. The third kappa shape index (κ3) is 4.27. The molecule has 1 fully saturated rings. The Bertz CT molecular complexity index is 1170. The normalized spacial score (nSPS) is 16.8. The summed E-state index contributed by atoms with van der Waals surface area (Å²) in [7, 11) is 1.15. The highest BCUT2D eigenvalue weighted by Gasteiger charge is 2.29. The number of ketones is 1. The third-order valence-electron chi connectivity index (χ3n) is 5.84. The van der Waals surface area contributed by atoms with E-state index in [1.165, 1.54) is 18.2 Å². The molecule has 0 radical (unpaired) electrons. The minimum atomic E-state index is -0.946. The van der Waals surface area contributed by atoms with Crippen molar-refractivity contribution in [1.29, 1.82) is 0 Å². The average Bonchev–Trinajstić information content (AvgIpc) is 3.22. The smallest absolute Gasteiger partial charge is 0.379 e. The van der Waals surface area contributed by atoms with E-state index in [2.05, 4.69) is 14.6 Å². The SMILES string of the molecule is COC(=O)C(=O)c1ccc2[nH]cc(C(=O)N3CCN(Cc4ccc(F)cc4)C[C@H]3C)c2c1. The Morgan fingerprint density at radius 2 is 1.88 bits per heavy atom. The topological polar surface area (TPSA) is 82.7 Å². The summed E-state index contributed by atoms with van der Waals surface area (Å²) in [5.74, 6) is -2.09. The number of methoxy groups -OCH3 is 1. The molecule has 1 saturated heterocycles. The van der Waals surface area contributed by atoms with Gasteiger partial charge in [0.25, 0.3) is 11.7 Å². The fourth-order valence-electron chi connectivity index (χ4n) is 4.13. The molecule has 2 heterocycles. The number of Topliss-reactive ketones (excluding diaryl/α,β-unsaturated/α-hetero) is 1. The van der Waals surface area contributed by atoms with Gasteiger partial charge in [-0.3, -0.25) is 14.5 Å². The van der Waals surface area contributed by atoms with Crippen molar-refractivity contribution < 1.29 is 23.5 Å². The van der Waals surface area contributed by atoms with Crippen molar-refractivity contribution >= 4 is 28.6 Å². The molecule has 1 atom stereocenters. The second-order valence-electron chi connectivity index (χ2n) is 7.99. The lowest BCUT2D eigenvalue weighted by atomic mass is 10.0. The molecular formula is C24H24FN3O4. The van der Waals surface area contributed by atoms with Crippen LogP contribution in [0, 0.1) is 5.82 Å². The third-order valence-corrected chi connectivity index (χ3v) is 5.84. The fraction of sp³-hybridized carbons (Fsp3) is 0.292. The molecule has 0 aliphatic carbocycles. The van der Waals surface area contributed by atoms with Gasteiger partial charge in [-0.2, -0.15) is 0 Å². The van der Waals surface area contributed by atoms with Crippen LogP contribution in [0.4, 0.5) is 4.39 Å². The Labute approximate surface area is 184 Å². The van der Waals surface area contributed by atoms with E-state index in [4.69, 9.17) is 0 Å². The number of carbonyl (C=O) groups excluding carboxylic acids is 3. The molecule has 1 amide bonds. The van der Waals surface area contributed by atoms with E-state index in [0.29, 0.717) is 42.6 Å². The summed E-state index contributed by atoms with van der Waals surface area (Å²) in [4.78, 5) is 44.2. The first kappa shape index (κ1) is 21.7. The molecule has 1 aromatic heterocycles. The lowest BCUT2D eigenvalue weighted by molar-refractivity contribution is -0.135. The van der Waals surface area contributed by atoms with Crippen LogP contribution in [0.15, 0.2) is 48.7 Å². The molecule has 7 nitrogen and oxygen atoms in total. The molecule has 0 saturated carbocycles. The van der Waals surface area contributed by atoms with E-state index in [9.17, 15) is 18.8 Å². The Hall–Kier alpha value is -3.52. The molecule has 32 heavy (non-hydrogen) atoms. The van der Waals surface area contributed by atoms with Crippen LogP contribution >= 0.6 is 0 Å². The van der Waals surface area contributed by atoms with Crippen molar-refractivity contribution in [3.05, 3.63) is 71.2 Å². The quantitative estimate of drug-likeness (QED) is 0.377. The van der Waals surface area contributed by atoms with Gasteiger partial charge in [-0.25, -0.2) is 9.18 Å². The molecule has 0 spiro atoms. The summed E-state index contributed by atoms with van der Waals surface area (Å²) < 4.78 is 17.6. The van der Waals surface area contributed by atoms with Gasteiger partial charge in [-0.1, -0.05) is 12.1 Å². The molecule has 1 aliphatic heterocycles. The van der Waals surface area contributed by atoms with Crippen LogP contribution in [0.3, 0.4) is 0 Å². The zero-order valence-electron chi connectivity index (χ0n) is 17.9. The van der Waals surface area contributed by atoms with Crippen molar-refractivity contribution in [2.45, 2.75) is 19.5 Å². The van der Waals surface area contributed by atoms with Crippen LogP contribution < -0.4 is 0 Å². The molecular weight excluding hydrogens is 413 g/mol. The Morgan fingerprint density at radius 3 is 2.56 bits per heavy atom. The van der Waals surface area contributed by atoms with Crippen molar-refractivity contribution in [2.75, 3.05) is 26.7 Å². The Balaban J connectivity index is 1.50. The second-order valence-corrected chi connectivity index (χ2v) is 7.99. The molecule has 166 valence electrons. The highest BCUT2D eigenvalue weighted by Crippen LogP contribution is 2.24. The minimum absolute atomic E-state index is 0.0264. The molecule has 0 bridgehead atoms. The number of benzene rings is 2. The van der Waals surface area contributed by atoms with Gasteiger partial charge in [-0.05, 0) is 42.8 Å². The summed E-state index contributed by atoms with van der Waals surface area (Å²) in [6.07, 6.45) is 1.64. The number of H-pyrrole nitrogens is 1. The van der Waals surface area contributed by atoms with Crippen molar-refractivity contribution in [1.82, 2.24) is 14.8 Å². The Morgan fingerprint density at radius 1 is 1.12 bits per heavy atom. The first-order valence-electron chi connectivity index (χ1n) is 10.4. The number of carbonyl (C=O) groups is 3. The first-order chi connectivity index (χ1) is 15.4. The summed E-state index contributed by atoms with van der Waals surface area (Å²) >= 11 is 0. The fourth-order valence-corrected chi connectivity index (χ4v) is 4.13. The second kappa shape index (κ2) is 8.92. The van der Waals surface area contributed by atoms with Crippen LogP contribution in [-0.2, 0) is 16.1 Å². The zero-order valence-corrected chi connectivity index (χ0v) is 17.9. The van der Waals surface area contributed by atoms with E-state index in [1.54, 1.807) is 30.5 Å². The van der Waals surface area contributed by atoms with E-state index >= 15 is 0 Å². The monoisotopic (exact) mass is 437 g/mol. The zero-order chi connectivity index (χ0) is 22.8. The van der Waals surface area contributed by atoms with E-state index in [0.717, 1.165) is 12.7 Å². The van der Waals surface area contributed by atoms with Gasteiger partial charge >= 0.3 is 5.97 Å². The van der Waals surface area contributed by atoms with Crippen molar-refractivity contribution in [3.8, 4) is 0 Å². The largest absolute Gasteiger partial charge is 0.463 e. The van der Waals surface area contributed by atoms with Crippen LogP contribution in [0.25, 0.3) is 10.9 Å². The number of hydrogen-bond acceptors (Lipinski definition) is 5. The highest BCUT2D eigenvalue weighted by molar-refractivity contribution is 6.41. The number of rotatable bonds is 5. The number of hydrogen-bond donors (Lipinski definition) is 1. The van der Waals surface area contributed by atoms with Crippen LogP contribution in [0.1, 0.15) is 33.2 Å². The molecule has 2 aromatic carbocycles. The number of nitrogens with one attached hydrogen (secondary N) is 1. The predicted octanol–water partition coefficient (Wildman–Crippen LogP) is 3.01. The molecule has 8 heteroatoms. The number of esters is 1. The van der Waals surface area contributed by atoms with Gasteiger partial charge in [0.05, 0.1) is 12.7 Å². The molecule has 3 aromatic rings. The number of amides is 1. The average molecular weight is 437 g/mol. The lowest BCUT2D eigenvalue weighted by Gasteiger charge is -2.40. The molecule has 1 N–H and O–H groups in total. The van der Waals surface area contributed by atoms with Gasteiger partial charge in [0.2, 0.25) is 0 Å². The maximum absolute atomic E-state index is 13.3. The molecule has 1 aliphatic rings. The number of nitrogens with zero attached hydrogens (tertiary/aromatic N) is 2. The minimum Gasteiger partial charge on any atom is -0.463 e. The predicted molar refractivity (Wildman–Crippen MR) is 117 cm³/mol. The highest BCUT2D eigenvalue weighted by atomic mass is 19.1. The van der Waals surface area contributed by atoms with E-state index < -0.39 is 11.8 Å².